The predicted molar refractivity (Wildman–Crippen MR) is 124 cm³/mol. The molecule has 33 heavy (non-hydrogen) atoms. The Balaban J connectivity index is 1.21. The number of anilines is 1. The first-order chi connectivity index (χ1) is 16.0. The van der Waals surface area contributed by atoms with Crippen LogP contribution < -0.4 is 11.1 Å². The van der Waals surface area contributed by atoms with Crippen molar-refractivity contribution < 1.29 is 14.1 Å². The molecule has 1 unspecified atom stereocenters. The van der Waals surface area contributed by atoms with Crippen LogP contribution in [0, 0.1) is 0 Å². The summed E-state index contributed by atoms with van der Waals surface area (Å²) in [4.78, 5) is 32.6. The van der Waals surface area contributed by atoms with Gasteiger partial charge in [-0.3, -0.25) is 14.5 Å². The van der Waals surface area contributed by atoms with Gasteiger partial charge in [-0.1, -0.05) is 35.5 Å². The average molecular weight is 449 g/mol. The largest absolute Gasteiger partial charge is 0.366 e. The molecular formula is C24H28N6O3. The molecule has 1 aromatic heterocycles. The van der Waals surface area contributed by atoms with E-state index in [1.54, 1.807) is 24.3 Å². The molecule has 9 nitrogen and oxygen atoms in total. The maximum atomic E-state index is 12.3. The number of piperazine rings is 1. The summed E-state index contributed by atoms with van der Waals surface area (Å²) < 4.78 is 5.52. The zero-order chi connectivity index (χ0) is 23.2. The second-order valence-corrected chi connectivity index (χ2v) is 8.12. The lowest BCUT2D eigenvalue weighted by molar-refractivity contribution is -0.116. The first-order valence-corrected chi connectivity index (χ1v) is 11.0. The highest BCUT2D eigenvalue weighted by molar-refractivity contribution is 5.94. The summed E-state index contributed by atoms with van der Waals surface area (Å²) >= 11 is 0. The van der Waals surface area contributed by atoms with Crippen LogP contribution in [-0.2, 0) is 4.79 Å². The Morgan fingerprint density at radius 2 is 1.76 bits per heavy atom. The summed E-state index contributed by atoms with van der Waals surface area (Å²) in [6.45, 7) is 6.22. The molecule has 1 atom stereocenters. The highest BCUT2D eigenvalue weighted by Gasteiger charge is 2.26. The summed E-state index contributed by atoms with van der Waals surface area (Å²) in [7, 11) is 0. The fraction of sp³-hybridized carbons (Fsp3) is 0.333. The summed E-state index contributed by atoms with van der Waals surface area (Å²) in [5.41, 5.74) is 7.24. The smallest absolute Gasteiger partial charge is 0.248 e. The lowest BCUT2D eigenvalue weighted by Crippen LogP contribution is -2.47. The van der Waals surface area contributed by atoms with E-state index in [9.17, 15) is 9.59 Å². The van der Waals surface area contributed by atoms with Gasteiger partial charge in [0.15, 0.2) is 0 Å². The van der Waals surface area contributed by atoms with Crippen molar-refractivity contribution in [2.75, 3.05) is 38.0 Å². The van der Waals surface area contributed by atoms with E-state index in [4.69, 9.17) is 10.3 Å². The van der Waals surface area contributed by atoms with Crippen molar-refractivity contribution in [2.45, 2.75) is 19.4 Å². The van der Waals surface area contributed by atoms with Crippen LogP contribution in [0.15, 0.2) is 59.1 Å². The van der Waals surface area contributed by atoms with Gasteiger partial charge in [-0.05, 0) is 31.2 Å². The monoisotopic (exact) mass is 448 g/mol. The molecule has 2 amide bonds. The van der Waals surface area contributed by atoms with Gasteiger partial charge in [0.05, 0.1) is 6.04 Å². The van der Waals surface area contributed by atoms with Crippen molar-refractivity contribution in [1.29, 1.82) is 0 Å². The van der Waals surface area contributed by atoms with E-state index in [0.717, 1.165) is 31.7 Å². The molecule has 1 saturated heterocycles. The number of hydrogen-bond donors (Lipinski definition) is 2. The molecule has 1 aliphatic heterocycles. The van der Waals surface area contributed by atoms with Gasteiger partial charge in [-0.2, -0.15) is 4.98 Å². The minimum Gasteiger partial charge on any atom is -0.366 e. The summed E-state index contributed by atoms with van der Waals surface area (Å²) in [6.07, 6.45) is 0.400. The quantitative estimate of drug-likeness (QED) is 0.544. The third-order valence-electron chi connectivity index (χ3n) is 5.89. The standard InChI is InChI=1S/C24H28N6O3/c1-17(24-27-23(28-33-24)19-5-3-2-4-6-19)30-15-13-29(14-16-30)12-11-21(31)26-20-9-7-18(8-10-20)22(25)32/h2-10,17H,11-16H2,1H3,(H2,25,32)(H,26,31). The number of primary amides is 1. The van der Waals surface area contributed by atoms with E-state index < -0.39 is 5.91 Å². The van der Waals surface area contributed by atoms with Gasteiger partial charge in [0.25, 0.3) is 0 Å². The number of carbonyl (C=O) groups excluding carboxylic acids is 2. The Bertz CT molecular complexity index is 1080. The van der Waals surface area contributed by atoms with Crippen molar-refractivity contribution in [3.8, 4) is 11.4 Å². The molecule has 172 valence electrons. The highest BCUT2D eigenvalue weighted by Crippen LogP contribution is 2.23. The van der Waals surface area contributed by atoms with E-state index in [-0.39, 0.29) is 11.9 Å². The number of benzene rings is 2. The minimum absolute atomic E-state index is 0.0313. The molecule has 4 rings (SSSR count). The highest BCUT2D eigenvalue weighted by atomic mass is 16.5. The first-order valence-electron chi connectivity index (χ1n) is 11.0. The van der Waals surface area contributed by atoms with Crippen LogP contribution in [0.1, 0.15) is 35.6 Å². The maximum Gasteiger partial charge on any atom is 0.248 e. The Morgan fingerprint density at radius 1 is 1.06 bits per heavy atom. The molecular weight excluding hydrogens is 420 g/mol. The fourth-order valence-electron chi connectivity index (χ4n) is 3.84. The van der Waals surface area contributed by atoms with Crippen LogP contribution in [-0.4, -0.2) is 64.5 Å². The Hall–Kier alpha value is -3.56. The van der Waals surface area contributed by atoms with E-state index in [1.807, 2.05) is 30.3 Å². The molecule has 0 radical (unpaired) electrons. The van der Waals surface area contributed by atoms with E-state index in [0.29, 0.717) is 35.9 Å². The second kappa shape index (κ2) is 10.4. The fourth-order valence-corrected chi connectivity index (χ4v) is 3.84. The molecule has 0 aliphatic carbocycles. The van der Waals surface area contributed by atoms with Gasteiger partial charge in [-0.25, -0.2) is 0 Å². The predicted octanol–water partition coefficient (Wildman–Crippen LogP) is 2.54. The van der Waals surface area contributed by atoms with Crippen molar-refractivity contribution in [1.82, 2.24) is 19.9 Å². The molecule has 3 N–H and O–H groups in total. The number of nitrogens with zero attached hydrogens (tertiary/aromatic N) is 4. The van der Waals surface area contributed by atoms with E-state index in [1.165, 1.54) is 0 Å². The first kappa shape index (κ1) is 22.6. The van der Waals surface area contributed by atoms with Gasteiger partial charge in [0.2, 0.25) is 23.5 Å². The Kier molecular flexibility index (Phi) is 7.11. The normalized spacial score (nSPS) is 15.8. The van der Waals surface area contributed by atoms with Crippen LogP contribution in [0.5, 0.6) is 0 Å². The lowest BCUT2D eigenvalue weighted by Gasteiger charge is -2.36. The number of amides is 2. The molecule has 3 aromatic rings. The third-order valence-corrected chi connectivity index (χ3v) is 5.89. The van der Waals surface area contributed by atoms with Crippen LogP contribution in [0.25, 0.3) is 11.4 Å². The topological polar surface area (TPSA) is 118 Å². The van der Waals surface area contributed by atoms with Crippen molar-refractivity contribution in [2.24, 2.45) is 5.73 Å². The van der Waals surface area contributed by atoms with Gasteiger partial charge < -0.3 is 20.5 Å². The van der Waals surface area contributed by atoms with Crippen molar-refractivity contribution >= 4 is 17.5 Å². The molecule has 0 bridgehead atoms. The number of nitrogens with two attached hydrogens (primary N) is 1. The van der Waals surface area contributed by atoms with Gasteiger partial charge in [0, 0.05) is 56.0 Å². The Labute approximate surface area is 192 Å². The van der Waals surface area contributed by atoms with Crippen molar-refractivity contribution in [3.05, 3.63) is 66.1 Å². The van der Waals surface area contributed by atoms with Gasteiger partial charge in [0.1, 0.15) is 0 Å². The number of rotatable bonds is 8. The third kappa shape index (κ3) is 5.82. The van der Waals surface area contributed by atoms with Gasteiger partial charge in [-0.15, -0.1) is 0 Å². The molecule has 2 heterocycles. The molecule has 0 spiro atoms. The lowest BCUT2D eigenvalue weighted by atomic mass is 10.2. The van der Waals surface area contributed by atoms with Crippen molar-refractivity contribution in [3.63, 3.8) is 0 Å². The number of carbonyl (C=O) groups is 2. The second-order valence-electron chi connectivity index (χ2n) is 8.12. The summed E-state index contributed by atoms with van der Waals surface area (Å²) in [5.74, 6) is 0.671. The zero-order valence-corrected chi connectivity index (χ0v) is 18.6. The summed E-state index contributed by atoms with van der Waals surface area (Å²) in [5, 5.41) is 6.98. The number of hydrogen-bond acceptors (Lipinski definition) is 7. The molecule has 1 fully saturated rings. The minimum atomic E-state index is -0.489. The van der Waals surface area contributed by atoms with E-state index >= 15 is 0 Å². The maximum absolute atomic E-state index is 12.3. The van der Waals surface area contributed by atoms with Crippen LogP contribution in [0.3, 0.4) is 0 Å². The number of aromatic nitrogens is 2. The number of nitrogens with one attached hydrogen (secondary N) is 1. The molecule has 2 aromatic carbocycles. The van der Waals surface area contributed by atoms with E-state index in [2.05, 4.69) is 32.2 Å². The van der Waals surface area contributed by atoms with Crippen LogP contribution in [0.4, 0.5) is 5.69 Å². The van der Waals surface area contributed by atoms with Crippen LogP contribution >= 0.6 is 0 Å². The SMILES string of the molecule is CC(c1nc(-c2ccccc2)no1)N1CCN(CCC(=O)Nc2ccc(C(N)=O)cc2)CC1. The molecule has 0 saturated carbocycles. The average Bonchev–Trinajstić information content (AvgIpc) is 3.34. The van der Waals surface area contributed by atoms with Crippen LogP contribution in [0.2, 0.25) is 0 Å². The van der Waals surface area contributed by atoms with Gasteiger partial charge >= 0.3 is 0 Å². The molecule has 1 aliphatic rings. The summed E-state index contributed by atoms with van der Waals surface area (Å²) in [6, 6.07) is 16.4. The Morgan fingerprint density at radius 3 is 2.42 bits per heavy atom. The zero-order valence-electron chi connectivity index (χ0n) is 18.6. The molecule has 9 heteroatoms.